The van der Waals surface area contributed by atoms with E-state index in [1.165, 1.54) is 18.4 Å². The van der Waals surface area contributed by atoms with Crippen molar-refractivity contribution in [1.82, 2.24) is 15.3 Å². The number of benzene rings is 1. The molecule has 2 aromatic rings. The van der Waals surface area contributed by atoms with E-state index in [9.17, 15) is 4.79 Å². The molecule has 0 aliphatic heterocycles. The van der Waals surface area contributed by atoms with Crippen LogP contribution < -0.4 is 10.6 Å². The van der Waals surface area contributed by atoms with E-state index in [1.807, 2.05) is 38.1 Å². The van der Waals surface area contributed by atoms with Crippen LogP contribution in [0.1, 0.15) is 47.4 Å². The maximum atomic E-state index is 12.4. The molecule has 0 spiro atoms. The lowest BCUT2D eigenvalue weighted by Gasteiger charge is -2.12. The summed E-state index contributed by atoms with van der Waals surface area (Å²) >= 11 is 0. The van der Waals surface area contributed by atoms with Gasteiger partial charge in [-0.15, -0.1) is 0 Å². The molecular formula is C18H22N4O. The van der Waals surface area contributed by atoms with Crippen molar-refractivity contribution >= 4 is 17.5 Å². The van der Waals surface area contributed by atoms with Crippen molar-refractivity contribution < 1.29 is 4.79 Å². The number of rotatable bonds is 4. The predicted octanol–water partition coefficient (Wildman–Crippen LogP) is 3.51. The number of amides is 1. The highest BCUT2D eigenvalue weighted by Gasteiger charge is 2.19. The van der Waals surface area contributed by atoms with Gasteiger partial charge in [-0.1, -0.05) is 30.5 Å². The van der Waals surface area contributed by atoms with E-state index in [0.717, 1.165) is 24.2 Å². The second-order valence-corrected chi connectivity index (χ2v) is 6.16. The first-order chi connectivity index (χ1) is 11.1. The van der Waals surface area contributed by atoms with Gasteiger partial charge < -0.3 is 10.6 Å². The average Bonchev–Trinajstić information content (AvgIpc) is 3.02. The van der Waals surface area contributed by atoms with Gasteiger partial charge in [-0.25, -0.2) is 9.97 Å². The molecule has 23 heavy (non-hydrogen) atoms. The Labute approximate surface area is 136 Å². The van der Waals surface area contributed by atoms with Crippen molar-refractivity contribution in [3.63, 3.8) is 0 Å². The highest BCUT2D eigenvalue weighted by atomic mass is 16.1. The topological polar surface area (TPSA) is 66.9 Å². The molecule has 3 rings (SSSR count). The minimum Gasteiger partial charge on any atom is -0.348 e. The second-order valence-electron chi connectivity index (χ2n) is 6.16. The molecule has 1 aliphatic rings. The number of aryl methyl sites for hydroxylation is 2. The van der Waals surface area contributed by atoms with E-state index in [1.54, 1.807) is 6.07 Å². The maximum Gasteiger partial charge on any atom is 0.270 e. The van der Waals surface area contributed by atoms with Crippen molar-refractivity contribution in [2.75, 3.05) is 5.32 Å². The van der Waals surface area contributed by atoms with Gasteiger partial charge in [0.25, 0.3) is 5.91 Å². The summed E-state index contributed by atoms with van der Waals surface area (Å²) in [6.07, 6.45) is 4.50. The molecule has 1 saturated carbocycles. The van der Waals surface area contributed by atoms with Crippen LogP contribution in [-0.2, 0) is 0 Å². The van der Waals surface area contributed by atoms with Gasteiger partial charge in [0.2, 0.25) is 5.95 Å². The van der Waals surface area contributed by atoms with Crippen LogP contribution in [0, 0.1) is 13.8 Å². The van der Waals surface area contributed by atoms with Crippen LogP contribution in [0.2, 0.25) is 0 Å². The van der Waals surface area contributed by atoms with Gasteiger partial charge in [-0.3, -0.25) is 4.79 Å². The number of nitrogens with zero attached hydrogens (tertiary/aromatic N) is 2. The largest absolute Gasteiger partial charge is 0.348 e. The maximum absolute atomic E-state index is 12.4. The molecule has 5 nitrogen and oxygen atoms in total. The molecule has 1 aromatic carbocycles. The summed E-state index contributed by atoms with van der Waals surface area (Å²) in [7, 11) is 0. The van der Waals surface area contributed by atoms with Gasteiger partial charge in [0.15, 0.2) is 0 Å². The van der Waals surface area contributed by atoms with Gasteiger partial charge >= 0.3 is 0 Å². The van der Waals surface area contributed by atoms with Gasteiger partial charge in [0.1, 0.15) is 5.69 Å². The minimum atomic E-state index is -0.116. The van der Waals surface area contributed by atoms with Gasteiger partial charge in [0.05, 0.1) is 0 Å². The van der Waals surface area contributed by atoms with E-state index in [0.29, 0.717) is 11.6 Å². The first-order valence-electron chi connectivity index (χ1n) is 8.10. The fourth-order valence-electron chi connectivity index (χ4n) is 2.84. The molecule has 1 aliphatic carbocycles. The number of carbonyl (C=O) groups is 1. The molecule has 0 radical (unpaired) electrons. The Kier molecular flexibility index (Phi) is 4.55. The first kappa shape index (κ1) is 15.5. The van der Waals surface area contributed by atoms with Crippen molar-refractivity contribution in [3.05, 3.63) is 47.3 Å². The molecule has 5 heteroatoms. The van der Waals surface area contributed by atoms with E-state index in [2.05, 4.69) is 20.6 Å². The van der Waals surface area contributed by atoms with E-state index in [-0.39, 0.29) is 11.9 Å². The van der Waals surface area contributed by atoms with Crippen LogP contribution in [-0.4, -0.2) is 21.9 Å². The first-order valence-corrected chi connectivity index (χ1v) is 8.10. The second kappa shape index (κ2) is 6.77. The average molecular weight is 310 g/mol. The summed E-state index contributed by atoms with van der Waals surface area (Å²) in [5, 5.41) is 6.22. The summed E-state index contributed by atoms with van der Waals surface area (Å²) in [5.74, 6) is 0.333. The Morgan fingerprint density at radius 3 is 2.48 bits per heavy atom. The van der Waals surface area contributed by atoms with Crippen molar-refractivity contribution in [2.24, 2.45) is 0 Å². The molecule has 0 atom stereocenters. The number of carbonyl (C=O) groups excluding carboxylic acids is 1. The van der Waals surface area contributed by atoms with Crippen molar-refractivity contribution in [1.29, 1.82) is 0 Å². The van der Waals surface area contributed by atoms with Crippen LogP contribution in [0.15, 0.2) is 30.3 Å². The molecule has 1 amide bonds. The normalized spacial score (nSPS) is 14.7. The lowest BCUT2D eigenvalue weighted by Crippen LogP contribution is -2.33. The smallest absolute Gasteiger partial charge is 0.270 e. The van der Waals surface area contributed by atoms with Crippen molar-refractivity contribution in [2.45, 2.75) is 45.6 Å². The molecular weight excluding hydrogens is 288 g/mol. The number of anilines is 2. The third-order valence-corrected chi connectivity index (χ3v) is 4.08. The standard InChI is InChI=1S/C18H22N4O/c1-12-7-9-15(10-8-12)21-18-19-13(2)11-16(22-18)17(23)20-14-5-3-4-6-14/h7-11,14H,3-6H2,1-2H3,(H,20,23)(H,19,21,22). The van der Waals surface area contributed by atoms with Gasteiger partial charge in [-0.2, -0.15) is 0 Å². The van der Waals surface area contributed by atoms with Crippen LogP contribution in [0.5, 0.6) is 0 Å². The van der Waals surface area contributed by atoms with Crippen LogP contribution in [0.25, 0.3) is 0 Å². The van der Waals surface area contributed by atoms with E-state index < -0.39 is 0 Å². The highest BCUT2D eigenvalue weighted by Crippen LogP contribution is 2.19. The molecule has 1 heterocycles. The number of aromatic nitrogens is 2. The lowest BCUT2D eigenvalue weighted by atomic mass is 10.2. The Balaban J connectivity index is 1.75. The monoisotopic (exact) mass is 310 g/mol. The zero-order valence-corrected chi connectivity index (χ0v) is 13.6. The van der Waals surface area contributed by atoms with Gasteiger partial charge in [-0.05, 0) is 44.9 Å². The molecule has 0 bridgehead atoms. The third kappa shape index (κ3) is 4.06. The van der Waals surface area contributed by atoms with Gasteiger partial charge in [0, 0.05) is 17.4 Å². The summed E-state index contributed by atoms with van der Waals surface area (Å²) in [5.41, 5.74) is 3.28. The van der Waals surface area contributed by atoms with E-state index in [4.69, 9.17) is 0 Å². The Morgan fingerprint density at radius 2 is 1.78 bits per heavy atom. The third-order valence-electron chi connectivity index (χ3n) is 4.08. The Bertz CT molecular complexity index is 691. The molecule has 1 fully saturated rings. The molecule has 0 saturated heterocycles. The summed E-state index contributed by atoms with van der Waals surface area (Å²) in [6.45, 7) is 3.91. The SMILES string of the molecule is Cc1ccc(Nc2nc(C)cc(C(=O)NC3CCCC3)n2)cc1. The zero-order chi connectivity index (χ0) is 16.2. The quantitative estimate of drug-likeness (QED) is 0.907. The minimum absolute atomic E-state index is 0.116. The molecule has 120 valence electrons. The van der Waals surface area contributed by atoms with Crippen LogP contribution in [0.4, 0.5) is 11.6 Å². The summed E-state index contributed by atoms with van der Waals surface area (Å²) in [4.78, 5) is 21.1. The predicted molar refractivity (Wildman–Crippen MR) is 91.0 cm³/mol. The summed E-state index contributed by atoms with van der Waals surface area (Å²) < 4.78 is 0. The fourth-order valence-corrected chi connectivity index (χ4v) is 2.84. The molecule has 2 N–H and O–H groups in total. The lowest BCUT2D eigenvalue weighted by molar-refractivity contribution is 0.0932. The highest BCUT2D eigenvalue weighted by molar-refractivity contribution is 5.92. The van der Waals surface area contributed by atoms with Crippen LogP contribution in [0.3, 0.4) is 0 Å². The Morgan fingerprint density at radius 1 is 1.09 bits per heavy atom. The molecule has 1 aromatic heterocycles. The molecule has 0 unspecified atom stereocenters. The number of nitrogens with one attached hydrogen (secondary N) is 2. The van der Waals surface area contributed by atoms with Crippen molar-refractivity contribution in [3.8, 4) is 0 Å². The van der Waals surface area contributed by atoms with Crippen LogP contribution >= 0.6 is 0 Å². The fraction of sp³-hybridized carbons (Fsp3) is 0.389. The number of hydrogen-bond acceptors (Lipinski definition) is 4. The zero-order valence-electron chi connectivity index (χ0n) is 13.6. The Hall–Kier alpha value is -2.43. The summed E-state index contributed by atoms with van der Waals surface area (Å²) in [6, 6.07) is 9.99. The van der Waals surface area contributed by atoms with E-state index >= 15 is 0 Å². The number of hydrogen-bond donors (Lipinski definition) is 2.